The molecule has 2 aromatic carbocycles. The molecule has 1 aromatic heterocycles. The minimum Gasteiger partial charge on any atom is -0.333 e. The van der Waals surface area contributed by atoms with Crippen LogP contribution in [0, 0.1) is 11.3 Å². The van der Waals surface area contributed by atoms with Gasteiger partial charge in [0.25, 0.3) is 5.91 Å². The number of carbonyl (C=O) groups excluding carboxylic acids is 1. The number of hydrogen-bond acceptors (Lipinski definition) is 5. The Kier molecular flexibility index (Phi) is 6.60. The number of halogens is 1. The summed E-state index contributed by atoms with van der Waals surface area (Å²) in [6.45, 7) is 2.56. The van der Waals surface area contributed by atoms with E-state index in [-0.39, 0.29) is 42.3 Å². The van der Waals surface area contributed by atoms with Gasteiger partial charge in [-0.3, -0.25) is 9.78 Å². The van der Waals surface area contributed by atoms with Crippen LogP contribution in [0.1, 0.15) is 22.8 Å². The molecule has 0 spiro atoms. The van der Waals surface area contributed by atoms with E-state index < -0.39 is 10.0 Å². The standard InChI is InChI=1S/C22H20N4O3S.ClH/c1-16-15-25(30(28,29)19-7-5-17(13-23)6-8-19)11-12-26(16)22(27)20-4-2-3-18-9-10-24-14-21(18)20;/h2-10,14,16H,11-12,15H2,1H3;1H/t16-;/m0./s1. The maximum Gasteiger partial charge on any atom is 0.254 e. The molecule has 0 aliphatic carbocycles. The van der Waals surface area contributed by atoms with Crippen molar-refractivity contribution < 1.29 is 13.2 Å². The fourth-order valence-corrected chi connectivity index (χ4v) is 5.26. The maximum absolute atomic E-state index is 13.2. The van der Waals surface area contributed by atoms with Crippen LogP contribution in [0.5, 0.6) is 0 Å². The number of rotatable bonds is 3. The lowest BCUT2D eigenvalue weighted by Crippen LogP contribution is -2.55. The number of aromatic nitrogens is 1. The predicted octanol–water partition coefficient (Wildman–Crippen LogP) is 3.06. The van der Waals surface area contributed by atoms with E-state index >= 15 is 0 Å². The molecule has 4 rings (SSSR count). The van der Waals surface area contributed by atoms with Gasteiger partial charge < -0.3 is 4.90 Å². The van der Waals surface area contributed by atoms with Crippen LogP contribution in [0.3, 0.4) is 0 Å². The van der Waals surface area contributed by atoms with Crippen LogP contribution in [0.15, 0.2) is 65.8 Å². The van der Waals surface area contributed by atoms with E-state index in [0.717, 1.165) is 10.8 Å². The molecule has 160 valence electrons. The normalized spacial score (nSPS) is 17.0. The highest BCUT2D eigenvalue weighted by molar-refractivity contribution is 7.89. The first kappa shape index (κ1) is 22.7. The fourth-order valence-electron chi connectivity index (χ4n) is 3.75. The fraction of sp³-hybridized carbons (Fsp3) is 0.227. The Hall–Kier alpha value is -2.99. The number of nitrogens with zero attached hydrogens (tertiary/aromatic N) is 4. The van der Waals surface area contributed by atoms with Crippen LogP contribution < -0.4 is 0 Å². The van der Waals surface area contributed by atoms with Gasteiger partial charge in [-0.25, -0.2) is 8.42 Å². The second kappa shape index (κ2) is 9.02. The number of hydrogen-bond donors (Lipinski definition) is 0. The molecule has 1 fully saturated rings. The first-order chi connectivity index (χ1) is 14.4. The lowest BCUT2D eigenvalue weighted by molar-refractivity contribution is 0.0593. The van der Waals surface area contributed by atoms with Gasteiger partial charge in [0.2, 0.25) is 10.0 Å². The monoisotopic (exact) mass is 456 g/mol. The Morgan fingerprint density at radius 2 is 1.87 bits per heavy atom. The Labute approximate surface area is 187 Å². The molecule has 7 nitrogen and oxygen atoms in total. The molecule has 0 bridgehead atoms. The molecule has 1 aliphatic heterocycles. The minimum absolute atomic E-state index is 0. The van der Waals surface area contributed by atoms with Crippen molar-refractivity contribution in [3.05, 3.63) is 72.1 Å². The average Bonchev–Trinajstić information content (AvgIpc) is 2.78. The summed E-state index contributed by atoms with van der Waals surface area (Å²) in [5.41, 5.74) is 0.971. The molecule has 1 amide bonds. The molecular weight excluding hydrogens is 436 g/mol. The Morgan fingerprint density at radius 1 is 1.13 bits per heavy atom. The Bertz CT molecular complexity index is 1250. The molecule has 0 N–H and O–H groups in total. The van der Waals surface area contributed by atoms with Gasteiger partial charge in [-0.1, -0.05) is 12.1 Å². The summed E-state index contributed by atoms with van der Waals surface area (Å²) in [5.74, 6) is -0.128. The van der Waals surface area contributed by atoms with Gasteiger partial charge in [0, 0.05) is 49.0 Å². The molecule has 0 radical (unpaired) electrons. The van der Waals surface area contributed by atoms with Crippen LogP contribution in [-0.4, -0.2) is 54.2 Å². The van der Waals surface area contributed by atoms with E-state index in [1.807, 2.05) is 31.2 Å². The molecular formula is C22H21ClN4O3S. The SMILES string of the molecule is C[C@H]1CN(S(=O)(=O)c2ccc(C#N)cc2)CCN1C(=O)c1cccc2ccncc12.Cl. The van der Waals surface area contributed by atoms with Crippen LogP contribution in [0.4, 0.5) is 0 Å². The summed E-state index contributed by atoms with van der Waals surface area (Å²) in [7, 11) is -3.69. The number of amides is 1. The zero-order chi connectivity index (χ0) is 21.3. The zero-order valence-corrected chi connectivity index (χ0v) is 18.4. The van der Waals surface area contributed by atoms with Gasteiger partial charge >= 0.3 is 0 Å². The van der Waals surface area contributed by atoms with Crippen molar-refractivity contribution in [3.8, 4) is 6.07 Å². The quantitative estimate of drug-likeness (QED) is 0.603. The van der Waals surface area contributed by atoms with E-state index in [1.165, 1.54) is 28.6 Å². The Morgan fingerprint density at radius 3 is 2.55 bits per heavy atom. The maximum atomic E-state index is 13.2. The number of pyridine rings is 1. The minimum atomic E-state index is -3.69. The number of benzene rings is 2. The summed E-state index contributed by atoms with van der Waals surface area (Å²) < 4.78 is 27.4. The van der Waals surface area contributed by atoms with Gasteiger partial charge in [0.15, 0.2) is 0 Å². The highest BCUT2D eigenvalue weighted by atomic mass is 35.5. The number of piperazine rings is 1. The summed E-state index contributed by atoms with van der Waals surface area (Å²) in [4.78, 5) is 19.2. The van der Waals surface area contributed by atoms with E-state index in [0.29, 0.717) is 17.7 Å². The van der Waals surface area contributed by atoms with Crippen LogP contribution in [-0.2, 0) is 10.0 Å². The highest BCUT2D eigenvalue weighted by Gasteiger charge is 2.34. The molecule has 3 aromatic rings. The van der Waals surface area contributed by atoms with Crippen molar-refractivity contribution in [2.24, 2.45) is 0 Å². The summed E-state index contributed by atoms with van der Waals surface area (Å²) >= 11 is 0. The summed E-state index contributed by atoms with van der Waals surface area (Å²) in [5, 5.41) is 10.6. The van der Waals surface area contributed by atoms with Gasteiger partial charge in [-0.05, 0) is 48.7 Å². The lowest BCUT2D eigenvalue weighted by Gasteiger charge is -2.39. The molecule has 1 saturated heterocycles. The zero-order valence-electron chi connectivity index (χ0n) is 16.8. The molecule has 1 aliphatic rings. The number of nitriles is 1. The third kappa shape index (κ3) is 4.26. The van der Waals surface area contributed by atoms with Crippen molar-refractivity contribution in [1.29, 1.82) is 5.26 Å². The lowest BCUT2D eigenvalue weighted by atomic mass is 10.0. The highest BCUT2D eigenvalue weighted by Crippen LogP contribution is 2.24. The van der Waals surface area contributed by atoms with E-state index in [2.05, 4.69) is 4.98 Å². The smallest absolute Gasteiger partial charge is 0.254 e. The van der Waals surface area contributed by atoms with Crippen LogP contribution >= 0.6 is 12.4 Å². The van der Waals surface area contributed by atoms with Crippen molar-refractivity contribution in [1.82, 2.24) is 14.2 Å². The number of carbonyl (C=O) groups is 1. The summed E-state index contributed by atoms with van der Waals surface area (Å²) in [6, 6.07) is 15.0. The van der Waals surface area contributed by atoms with Crippen LogP contribution in [0.25, 0.3) is 10.8 Å². The van der Waals surface area contributed by atoms with Gasteiger partial charge in [0.05, 0.1) is 16.5 Å². The molecule has 2 heterocycles. The van der Waals surface area contributed by atoms with Crippen molar-refractivity contribution in [2.45, 2.75) is 17.9 Å². The third-order valence-corrected chi connectivity index (χ3v) is 7.27. The largest absolute Gasteiger partial charge is 0.333 e. The molecule has 0 unspecified atom stereocenters. The van der Waals surface area contributed by atoms with E-state index in [9.17, 15) is 13.2 Å². The van der Waals surface area contributed by atoms with Gasteiger partial charge in [-0.2, -0.15) is 9.57 Å². The number of sulfonamides is 1. The molecule has 9 heteroatoms. The summed E-state index contributed by atoms with van der Waals surface area (Å²) in [6.07, 6.45) is 3.37. The molecule has 1 atom stereocenters. The predicted molar refractivity (Wildman–Crippen MR) is 119 cm³/mol. The van der Waals surface area contributed by atoms with E-state index in [4.69, 9.17) is 5.26 Å². The molecule has 31 heavy (non-hydrogen) atoms. The van der Waals surface area contributed by atoms with Crippen molar-refractivity contribution in [3.63, 3.8) is 0 Å². The first-order valence-electron chi connectivity index (χ1n) is 9.56. The Balaban J connectivity index is 0.00000272. The van der Waals surface area contributed by atoms with Gasteiger partial charge in [-0.15, -0.1) is 12.4 Å². The second-order valence-corrected chi connectivity index (χ2v) is 9.19. The first-order valence-corrected chi connectivity index (χ1v) is 11.0. The average molecular weight is 457 g/mol. The van der Waals surface area contributed by atoms with Crippen molar-refractivity contribution >= 4 is 39.1 Å². The van der Waals surface area contributed by atoms with Crippen molar-refractivity contribution in [2.75, 3.05) is 19.6 Å². The molecule has 0 saturated carbocycles. The van der Waals surface area contributed by atoms with E-state index in [1.54, 1.807) is 23.4 Å². The third-order valence-electron chi connectivity index (χ3n) is 5.39. The van der Waals surface area contributed by atoms with Crippen LogP contribution in [0.2, 0.25) is 0 Å². The number of fused-ring (bicyclic) bond motifs is 1. The van der Waals surface area contributed by atoms with Gasteiger partial charge in [0.1, 0.15) is 0 Å². The topological polar surface area (TPSA) is 94.4 Å². The second-order valence-electron chi connectivity index (χ2n) is 7.25.